The first kappa shape index (κ1) is 29.4. The van der Waals surface area contributed by atoms with Crippen molar-refractivity contribution in [3.63, 3.8) is 0 Å². The summed E-state index contributed by atoms with van der Waals surface area (Å²) in [7, 11) is 0. The molecule has 0 aliphatic carbocycles. The monoisotopic (exact) mass is 660 g/mol. The highest BCUT2D eigenvalue weighted by molar-refractivity contribution is 6.04. The van der Waals surface area contributed by atoms with Gasteiger partial charge in [-0.15, -0.1) is 0 Å². The van der Waals surface area contributed by atoms with Crippen molar-refractivity contribution in [3.05, 3.63) is 133 Å². The molecule has 0 N–H and O–H groups in total. The smallest absolute Gasteiger partial charge is 0.159 e. The average Bonchev–Trinajstić information content (AvgIpc) is 3.75. The number of aromatic nitrogens is 8. The molecule has 244 valence electrons. The summed E-state index contributed by atoms with van der Waals surface area (Å²) in [6.45, 7) is 5.89. The van der Waals surface area contributed by atoms with Crippen LogP contribution in [-0.2, 0) is 19.5 Å². The molecule has 0 atom stereocenters. The molecule has 0 saturated carbocycles. The lowest BCUT2D eigenvalue weighted by Gasteiger charge is -2.08. The van der Waals surface area contributed by atoms with Crippen LogP contribution in [0.5, 0.6) is 0 Å². The van der Waals surface area contributed by atoms with Gasteiger partial charge in [-0.2, -0.15) is 0 Å². The molecule has 0 radical (unpaired) electrons. The van der Waals surface area contributed by atoms with Crippen LogP contribution in [0.3, 0.4) is 0 Å². The molecular weight excluding hydrogens is 629 g/mol. The van der Waals surface area contributed by atoms with Crippen molar-refractivity contribution in [2.75, 3.05) is 0 Å². The van der Waals surface area contributed by atoms with E-state index in [9.17, 15) is 0 Å². The lowest BCUT2D eigenvalue weighted by molar-refractivity contribution is 0.793. The second-order valence-electron chi connectivity index (χ2n) is 13.0. The molecule has 51 heavy (non-hydrogen) atoms. The maximum Gasteiger partial charge on any atom is 0.159 e. The van der Waals surface area contributed by atoms with Gasteiger partial charge in [-0.05, 0) is 79.9 Å². The van der Waals surface area contributed by atoms with Gasteiger partial charge in [-0.25, -0.2) is 19.9 Å². The molecular formula is C43H32N8. The van der Waals surface area contributed by atoms with Crippen LogP contribution in [0.1, 0.15) is 25.0 Å². The summed E-state index contributed by atoms with van der Waals surface area (Å²) in [6, 6.07) is 38.1. The fourth-order valence-electron chi connectivity index (χ4n) is 7.53. The van der Waals surface area contributed by atoms with Crippen LogP contribution in [0, 0.1) is 0 Å². The third kappa shape index (κ3) is 4.75. The molecule has 0 saturated heterocycles. The largest absolute Gasteiger partial charge is 0.323 e. The fourth-order valence-corrected chi connectivity index (χ4v) is 7.53. The van der Waals surface area contributed by atoms with Crippen molar-refractivity contribution in [1.82, 2.24) is 39.0 Å². The standard InChI is InChI=1S/C43H32N8/c1-3-50-36-19-9-26(24-34(36)48-42(50)32-17-15-30-13-11-28-7-5-21-44-38(28)40(30)46-32)23-27-10-20-37-35(25-27)49-43(51(37)4-2)33-18-16-31-14-12-29-8-6-22-45-39(29)41(31)47-33/h5-22,24-25H,3-4,23H2,1-2H3. The van der Waals surface area contributed by atoms with Crippen LogP contribution in [0.2, 0.25) is 0 Å². The van der Waals surface area contributed by atoms with Gasteiger partial charge in [0.2, 0.25) is 0 Å². The molecule has 10 aromatic rings. The molecule has 0 amide bonds. The Balaban J connectivity index is 1.00. The Morgan fingerprint density at radius 1 is 0.451 bits per heavy atom. The van der Waals surface area contributed by atoms with Crippen LogP contribution in [0.15, 0.2) is 122 Å². The molecule has 0 spiro atoms. The highest BCUT2D eigenvalue weighted by Crippen LogP contribution is 2.31. The maximum absolute atomic E-state index is 5.15. The SMILES string of the molecule is CCn1c(-c2ccc3ccc4cccnc4c3n2)nc2cc(Cc3ccc4c(c3)nc(-c3ccc5ccc6cccnc6c5n3)n4CC)ccc21. The second kappa shape index (κ2) is 11.5. The van der Waals surface area contributed by atoms with Gasteiger partial charge in [0.1, 0.15) is 11.4 Å². The number of rotatable bonds is 6. The second-order valence-corrected chi connectivity index (χ2v) is 13.0. The van der Waals surface area contributed by atoms with E-state index in [1.165, 1.54) is 11.1 Å². The van der Waals surface area contributed by atoms with Gasteiger partial charge in [-0.3, -0.25) is 9.97 Å². The van der Waals surface area contributed by atoms with E-state index in [0.717, 1.165) is 108 Å². The van der Waals surface area contributed by atoms with Crippen molar-refractivity contribution in [2.45, 2.75) is 33.4 Å². The van der Waals surface area contributed by atoms with E-state index in [4.69, 9.17) is 19.9 Å². The van der Waals surface area contributed by atoms with Crippen molar-refractivity contribution < 1.29 is 0 Å². The van der Waals surface area contributed by atoms with Crippen molar-refractivity contribution in [2.24, 2.45) is 0 Å². The number of benzene rings is 4. The molecule has 0 aliphatic rings. The molecule has 8 nitrogen and oxygen atoms in total. The normalized spacial score (nSPS) is 12.0. The minimum atomic E-state index is 0.770. The topological polar surface area (TPSA) is 87.2 Å². The molecule has 6 heterocycles. The Kier molecular flexibility index (Phi) is 6.64. The van der Waals surface area contributed by atoms with Crippen LogP contribution < -0.4 is 0 Å². The quantitative estimate of drug-likeness (QED) is 0.165. The predicted octanol–water partition coefficient (Wildman–Crippen LogP) is 9.54. The molecule has 4 aromatic carbocycles. The van der Waals surface area contributed by atoms with Gasteiger partial charge >= 0.3 is 0 Å². The highest BCUT2D eigenvalue weighted by Gasteiger charge is 2.17. The van der Waals surface area contributed by atoms with Crippen LogP contribution in [0.4, 0.5) is 0 Å². The van der Waals surface area contributed by atoms with E-state index in [-0.39, 0.29) is 0 Å². The molecule has 6 aromatic heterocycles. The Bertz CT molecular complexity index is 2790. The lowest BCUT2D eigenvalue weighted by Crippen LogP contribution is -1.99. The van der Waals surface area contributed by atoms with E-state index in [2.05, 4.69) is 130 Å². The Morgan fingerprint density at radius 3 is 1.33 bits per heavy atom. The zero-order valence-electron chi connectivity index (χ0n) is 28.2. The zero-order valence-corrected chi connectivity index (χ0v) is 28.2. The van der Waals surface area contributed by atoms with Gasteiger partial charge in [0.15, 0.2) is 11.6 Å². The number of hydrogen-bond donors (Lipinski definition) is 0. The zero-order chi connectivity index (χ0) is 34.1. The van der Waals surface area contributed by atoms with E-state index in [0.29, 0.717) is 0 Å². The summed E-state index contributed by atoms with van der Waals surface area (Å²) < 4.78 is 4.49. The third-order valence-corrected chi connectivity index (χ3v) is 9.99. The van der Waals surface area contributed by atoms with E-state index < -0.39 is 0 Å². The first-order chi connectivity index (χ1) is 25.1. The summed E-state index contributed by atoms with van der Waals surface area (Å²) in [5.74, 6) is 1.73. The highest BCUT2D eigenvalue weighted by atomic mass is 15.1. The number of imidazole rings is 2. The summed E-state index contributed by atoms with van der Waals surface area (Å²) in [5.41, 5.74) is 11.8. The van der Waals surface area contributed by atoms with E-state index in [1.807, 2.05) is 24.5 Å². The fraction of sp³-hybridized carbons (Fsp3) is 0.116. The van der Waals surface area contributed by atoms with Crippen molar-refractivity contribution >= 4 is 65.7 Å². The average molecular weight is 661 g/mol. The number of fused-ring (bicyclic) bond motifs is 8. The van der Waals surface area contributed by atoms with Gasteiger partial charge in [0.05, 0.1) is 44.1 Å². The van der Waals surface area contributed by atoms with Gasteiger partial charge in [0, 0.05) is 47.0 Å². The van der Waals surface area contributed by atoms with Gasteiger partial charge < -0.3 is 9.13 Å². The van der Waals surface area contributed by atoms with Gasteiger partial charge in [0.25, 0.3) is 0 Å². The molecule has 0 bridgehead atoms. The van der Waals surface area contributed by atoms with Crippen LogP contribution >= 0.6 is 0 Å². The van der Waals surface area contributed by atoms with E-state index in [1.54, 1.807) is 0 Å². The molecule has 0 aliphatic heterocycles. The minimum Gasteiger partial charge on any atom is -0.323 e. The first-order valence-corrected chi connectivity index (χ1v) is 17.4. The lowest BCUT2D eigenvalue weighted by atomic mass is 10.0. The summed E-state index contributed by atoms with van der Waals surface area (Å²) in [6.07, 6.45) is 4.42. The maximum atomic E-state index is 5.15. The van der Waals surface area contributed by atoms with Crippen molar-refractivity contribution in [3.8, 4) is 23.0 Å². The number of nitrogens with zero attached hydrogens (tertiary/aromatic N) is 8. The Morgan fingerprint density at radius 2 is 0.882 bits per heavy atom. The summed E-state index contributed by atoms with van der Waals surface area (Å²) in [5, 5.41) is 4.30. The summed E-state index contributed by atoms with van der Waals surface area (Å²) >= 11 is 0. The predicted molar refractivity (Wildman–Crippen MR) is 206 cm³/mol. The first-order valence-electron chi connectivity index (χ1n) is 17.4. The molecule has 0 fully saturated rings. The van der Waals surface area contributed by atoms with Crippen molar-refractivity contribution in [1.29, 1.82) is 0 Å². The van der Waals surface area contributed by atoms with Gasteiger partial charge in [-0.1, -0.05) is 60.7 Å². The van der Waals surface area contributed by atoms with Crippen LogP contribution in [0.25, 0.3) is 88.7 Å². The molecule has 10 rings (SSSR count). The number of hydrogen-bond acceptors (Lipinski definition) is 6. The third-order valence-electron chi connectivity index (χ3n) is 9.99. The molecule has 0 unspecified atom stereocenters. The van der Waals surface area contributed by atoms with E-state index >= 15 is 0 Å². The number of pyridine rings is 4. The number of aryl methyl sites for hydroxylation is 2. The minimum absolute atomic E-state index is 0.770. The Hall–Kier alpha value is -6.54. The Labute approximate surface area is 293 Å². The van der Waals surface area contributed by atoms with Crippen LogP contribution in [-0.4, -0.2) is 39.0 Å². The summed E-state index contributed by atoms with van der Waals surface area (Å²) in [4.78, 5) is 29.8. The molecule has 8 heteroatoms.